The van der Waals surface area contributed by atoms with Crippen LogP contribution in [0.3, 0.4) is 0 Å². The van der Waals surface area contributed by atoms with Gasteiger partial charge in [0.1, 0.15) is 12.4 Å². The number of nitrogens with zero attached hydrogens (tertiary/aromatic N) is 1. The van der Waals surface area contributed by atoms with Gasteiger partial charge >= 0.3 is 0 Å². The molecule has 3 rings (SSSR count). The van der Waals surface area contributed by atoms with E-state index in [0.29, 0.717) is 23.1 Å². The van der Waals surface area contributed by atoms with Gasteiger partial charge in [-0.2, -0.15) is 0 Å². The lowest BCUT2D eigenvalue weighted by molar-refractivity contribution is 0.284. The van der Waals surface area contributed by atoms with Crippen molar-refractivity contribution in [1.29, 1.82) is 0 Å². The molecule has 0 saturated heterocycles. The summed E-state index contributed by atoms with van der Waals surface area (Å²) in [6.07, 6.45) is 1.78. The predicted molar refractivity (Wildman–Crippen MR) is 109 cm³/mol. The summed E-state index contributed by atoms with van der Waals surface area (Å²) in [5.74, 6) is 2.12. The molecule has 0 aromatic heterocycles. The Kier molecular flexibility index (Phi) is 6.34. The van der Waals surface area contributed by atoms with Crippen molar-refractivity contribution in [1.82, 2.24) is 0 Å². The average Bonchev–Trinajstić information content (AvgIpc) is 2.71. The van der Waals surface area contributed by atoms with Crippen molar-refractivity contribution in [3.05, 3.63) is 82.9 Å². The van der Waals surface area contributed by atoms with Gasteiger partial charge < -0.3 is 14.2 Å². The van der Waals surface area contributed by atoms with Crippen LogP contribution in [0.25, 0.3) is 0 Å². The van der Waals surface area contributed by atoms with E-state index in [-0.39, 0.29) is 0 Å². The summed E-state index contributed by atoms with van der Waals surface area (Å²) < 4.78 is 16.5. The van der Waals surface area contributed by atoms with E-state index in [1.165, 1.54) is 0 Å². The first-order valence-electron chi connectivity index (χ1n) is 8.41. The smallest absolute Gasteiger partial charge is 0.161 e. The lowest BCUT2D eigenvalue weighted by Gasteiger charge is -2.11. The van der Waals surface area contributed by atoms with Gasteiger partial charge in [-0.05, 0) is 65.7 Å². The third kappa shape index (κ3) is 5.25. The number of methoxy groups -OCH3 is 2. The van der Waals surface area contributed by atoms with E-state index in [9.17, 15) is 0 Å². The van der Waals surface area contributed by atoms with Crippen LogP contribution < -0.4 is 14.2 Å². The summed E-state index contributed by atoms with van der Waals surface area (Å²) >= 11 is 6.01. The molecule has 0 amide bonds. The zero-order chi connectivity index (χ0) is 19.1. The second-order valence-corrected chi connectivity index (χ2v) is 6.22. The Labute approximate surface area is 164 Å². The van der Waals surface area contributed by atoms with Crippen LogP contribution in [0.15, 0.2) is 71.7 Å². The first kappa shape index (κ1) is 18.8. The predicted octanol–water partition coefficient (Wildman–Crippen LogP) is 5.69. The Balaban J connectivity index is 1.70. The zero-order valence-corrected chi connectivity index (χ0v) is 15.9. The highest BCUT2D eigenvalue weighted by Crippen LogP contribution is 2.29. The third-order valence-electron chi connectivity index (χ3n) is 3.91. The number of rotatable bonds is 7. The molecule has 3 aromatic rings. The lowest BCUT2D eigenvalue weighted by atomic mass is 10.2. The molecule has 0 fully saturated rings. The van der Waals surface area contributed by atoms with Crippen molar-refractivity contribution in [2.75, 3.05) is 14.2 Å². The molecule has 5 heteroatoms. The highest BCUT2D eigenvalue weighted by Gasteiger charge is 2.06. The summed E-state index contributed by atoms with van der Waals surface area (Å²) in [6.45, 7) is 0.413. The molecule has 0 atom stereocenters. The largest absolute Gasteiger partial charge is 0.497 e. The fourth-order valence-corrected chi connectivity index (χ4v) is 2.70. The van der Waals surface area contributed by atoms with E-state index in [1.54, 1.807) is 20.4 Å². The van der Waals surface area contributed by atoms with Gasteiger partial charge in [-0.15, -0.1) is 0 Å². The minimum Gasteiger partial charge on any atom is -0.497 e. The number of hydrogen-bond donors (Lipinski definition) is 0. The quantitative estimate of drug-likeness (QED) is 0.494. The Morgan fingerprint density at radius 2 is 1.70 bits per heavy atom. The number of halogens is 1. The van der Waals surface area contributed by atoms with Crippen molar-refractivity contribution < 1.29 is 14.2 Å². The summed E-state index contributed by atoms with van der Waals surface area (Å²) in [7, 11) is 3.26. The molecule has 0 saturated carbocycles. The maximum absolute atomic E-state index is 6.01. The number of benzene rings is 3. The molecular formula is C22H20ClNO3. The number of hydrogen-bond acceptors (Lipinski definition) is 4. The van der Waals surface area contributed by atoms with Gasteiger partial charge in [-0.1, -0.05) is 23.7 Å². The van der Waals surface area contributed by atoms with Crippen LogP contribution in [-0.4, -0.2) is 20.4 Å². The molecule has 0 aliphatic rings. The van der Waals surface area contributed by atoms with Gasteiger partial charge in [0.15, 0.2) is 11.5 Å². The van der Waals surface area contributed by atoms with Crippen LogP contribution in [0.4, 0.5) is 5.69 Å². The minimum atomic E-state index is 0.413. The second kappa shape index (κ2) is 9.10. The Morgan fingerprint density at radius 3 is 2.41 bits per heavy atom. The minimum absolute atomic E-state index is 0.413. The van der Waals surface area contributed by atoms with E-state index >= 15 is 0 Å². The van der Waals surface area contributed by atoms with Crippen LogP contribution in [0.5, 0.6) is 17.2 Å². The summed E-state index contributed by atoms with van der Waals surface area (Å²) in [4.78, 5) is 4.47. The average molecular weight is 382 g/mol. The molecule has 0 spiro atoms. The van der Waals surface area contributed by atoms with E-state index in [1.807, 2.05) is 66.7 Å². The van der Waals surface area contributed by atoms with Gasteiger partial charge in [0.25, 0.3) is 0 Å². The van der Waals surface area contributed by atoms with Crippen LogP contribution in [0.1, 0.15) is 11.1 Å². The summed E-state index contributed by atoms with van der Waals surface area (Å²) in [6, 6.07) is 20.8. The molecule has 0 unspecified atom stereocenters. The molecule has 0 bridgehead atoms. The maximum Gasteiger partial charge on any atom is 0.161 e. The molecule has 0 aliphatic heterocycles. The van der Waals surface area contributed by atoms with Crippen LogP contribution in [-0.2, 0) is 6.61 Å². The standard InChI is InChI=1S/C22H20ClNO3/c1-25-20-9-7-19(8-10-20)24-14-16-6-11-21(22(13-16)26-2)27-15-17-4-3-5-18(23)12-17/h3-14H,15H2,1-2H3. The lowest BCUT2D eigenvalue weighted by Crippen LogP contribution is -1.98. The number of aliphatic imine (C=N–C) groups is 1. The van der Waals surface area contributed by atoms with E-state index in [0.717, 1.165) is 22.6 Å². The van der Waals surface area contributed by atoms with Gasteiger partial charge in [0.05, 0.1) is 19.9 Å². The van der Waals surface area contributed by atoms with Crippen LogP contribution in [0.2, 0.25) is 5.02 Å². The molecule has 0 radical (unpaired) electrons. The molecule has 0 aliphatic carbocycles. The third-order valence-corrected chi connectivity index (χ3v) is 4.14. The molecular weight excluding hydrogens is 362 g/mol. The second-order valence-electron chi connectivity index (χ2n) is 5.79. The SMILES string of the molecule is COc1ccc(N=Cc2ccc(OCc3cccc(Cl)c3)c(OC)c2)cc1. The molecule has 0 N–H and O–H groups in total. The first-order chi connectivity index (χ1) is 13.2. The van der Waals surface area contributed by atoms with Crippen molar-refractivity contribution in [2.24, 2.45) is 4.99 Å². The van der Waals surface area contributed by atoms with Crippen LogP contribution >= 0.6 is 11.6 Å². The fraction of sp³-hybridized carbons (Fsp3) is 0.136. The Morgan fingerprint density at radius 1 is 0.889 bits per heavy atom. The summed E-state index contributed by atoms with van der Waals surface area (Å²) in [5, 5.41) is 0.688. The van der Waals surface area contributed by atoms with Gasteiger partial charge in [-0.3, -0.25) is 4.99 Å². The normalized spacial score (nSPS) is 10.8. The highest BCUT2D eigenvalue weighted by atomic mass is 35.5. The zero-order valence-electron chi connectivity index (χ0n) is 15.2. The van der Waals surface area contributed by atoms with Crippen molar-refractivity contribution in [2.45, 2.75) is 6.61 Å². The van der Waals surface area contributed by atoms with Gasteiger partial charge in [-0.25, -0.2) is 0 Å². The summed E-state index contributed by atoms with van der Waals surface area (Å²) in [5.41, 5.74) is 2.75. The van der Waals surface area contributed by atoms with Crippen LogP contribution in [0, 0.1) is 0 Å². The maximum atomic E-state index is 6.01. The van der Waals surface area contributed by atoms with E-state index in [2.05, 4.69) is 4.99 Å². The molecule has 3 aromatic carbocycles. The Bertz CT molecular complexity index is 923. The topological polar surface area (TPSA) is 40.0 Å². The van der Waals surface area contributed by atoms with Crippen molar-refractivity contribution in [3.8, 4) is 17.2 Å². The molecule has 27 heavy (non-hydrogen) atoms. The van der Waals surface area contributed by atoms with Gasteiger partial charge in [0, 0.05) is 11.2 Å². The van der Waals surface area contributed by atoms with E-state index < -0.39 is 0 Å². The molecule has 4 nitrogen and oxygen atoms in total. The Hall–Kier alpha value is -2.98. The molecule has 138 valence electrons. The number of ether oxygens (including phenoxy) is 3. The van der Waals surface area contributed by atoms with Crippen molar-refractivity contribution in [3.63, 3.8) is 0 Å². The highest BCUT2D eigenvalue weighted by molar-refractivity contribution is 6.30. The van der Waals surface area contributed by atoms with Gasteiger partial charge in [0.2, 0.25) is 0 Å². The fourth-order valence-electron chi connectivity index (χ4n) is 2.49. The van der Waals surface area contributed by atoms with Crippen molar-refractivity contribution >= 4 is 23.5 Å². The monoisotopic (exact) mass is 381 g/mol. The first-order valence-corrected chi connectivity index (χ1v) is 8.79. The van der Waals surface area contributed by atoms with E-state index in [4.69, 9.17) is 25.8 Å². The molecule has 0 heterocycles.